The molecule has 16 heavy (non-hydrogen) atoms. The highest BCUT2D eigenvalue weighted by molar-refractivity contribution is 5.71. The van der Waals surface area contributed by atoms with Gasteiger partial charge in [-0.2, -0.15) is 0 Å². The standard InChI is InChI=1S/C12H18N2O2/c1-8-6-9(2)11(10(3)7-8)16-5-4-14-12(13)15/h6-7H,4-5H2,1-3H3,(H3,13,14,15). The number of urea groups is 1. The SMILES string of the molecule is Cc1cc(C)c(OCCNC(N)=O)c(C)c1. The molecule has 88 valence electrons. The molecule has 0 radical (unpaired) electrons. The number of carbonyl (C=O) groups is 1. The van der Waals surface area contributed by atoms with Crippen LogP contribution in [0.15, 0.2) is 12.1 Å². The first-order chi connectivity index (χ1) is 7.50. The van der Waals surface area contributed by atoms with Crippen LogP contribution in [0.25, 0.3) is 0 Å². The smallest absolute Gasteiger partial charge is 0.312 e. The predicted octanol–water partition coefficient (Wildman–Crippen LogP) is 1.66. The average molecular weight is 222 g/mol. The molecule has 0 aliphatic heterocycles. The fourth-order valence-corrected chi connectivity index (χ4v) is 1.72. The molecule has 0 aromatic heterocycles. The van der Waals surface area contributed by atoms with Crippen molar-refractivity contribution in [3.05, 3.63) is 28.8 Å². The summed E-state index contributed by atoms with van der Waals surface area (Å²) in [5.41, 5.74) is 8.38. The number of ether oxygens (including phenoxy) is 1. The van der Waals surface area contributed by atoms with Gasteiger partial charge in [-0.15, -0.1) is 0 Å². The van der Waals surface area contributed by atoms with Crippen molar-refractivity contribution in [1.29, 1.82) is 0 Å². The Labute approximate surface area is 95.8 Å². The summed E-state index contributed by atoms with van der Waals surface area (Å²) >= 11 is 0. The molecular weight excluding hydrogens is 204 g/mol. The van der Waals surface area contributed by atoms with Crippen molar-refractivity contribution in [1.82, 2.24) is 5.32 Å². The Kier molecular flexibility index (Phi) is 4.17. The van der Waals surface area contributed by atoms with Gasteiger partial charge < -0.3 is 15.8 Å². The van der Waals surface area contributed by atoms with Crippen LogP contribution in [0.4, 0.5) is 4.79 Å². The first-order valence-corrected chi connectivity index (χ1v) is 5.24. The number of primary amides is 1. The van der Waals surface area contributed by atoms with E-state index in [1.807, 2.05) is 13.8 Å². The van der Waals surface area contributed by atoms with Crippen LogP contribution in [0.1, 0.15) is 16.7 Å². The molecule has 0 saturated heterocycles. The molecule has 1 aromatic carbocycles. The molecule has 4 nitrogen and oxygen atoms in total. The highest BCUT2D eigenvalue weighted by atomic mass is 16.5. The van der Waals surface area contributed by atoms with Crippen LogP contribution in [0, 0.1) is 20.8 Å². The van der Waals surface area contributed by atoms with E-state index in [0.717, 1.165) is 16.9 Å². The molecular formula is C12H18N2O2. The summed E-state index contributed by atoms with van der Waals surface area (Å²) in [5, 5.41) is 2.48. The van der Waals surface area contributed by atoms with E-state index in [1.54, 1.807) is 0 Å². The van der Waals surface area contributed by atoms with Crippen molar-refractivity contribution < 1.29 is 9.53 Å². The zero-order valence-electron chi connectivity index (χ0n) is 9.96. The van der Waals surface area contributed by atoms with E-state index in [-0.39, 0.29) is 0 Å². The topological polar surface area (TPSA) is 64.3 Å². The highest BCUT2D eigenvalue weighted by Crippen LogP contribution is 2.24. The maximum Gasteiger partial charge on any atom is 0.312 e. The van der Waals surface area contributed by atoms with E-state index in [1.165, 1.54) is 5.56 Å². The lowest BCUT2D eigenvalue weighted by Crippen LogP contribution is -2.32. The minimum Gasteiger partial charge on any atom is -0.491 e. The van der Waals surface area contributed by atoms with Gasteiger partial charge in [0.1, 0.15) is 12.4 Å². The normalized spacial score (nSPS) is 9.94. The Balaban J connectivity index is 2.57. The van der Waals surface area contributed by atoms with E-state index >= 15 is 0 Å². The molecule has 0 atom stereocenters. The monoisotopic (exact) mass is 222 g/mol. The van der Waals surface area contributed by atoms with Gasteiger partial charge in [0.2, 0.25) is 0 Å². The lowest BCUT2D eigenvalue weighted by atomic mass is 10.1. The molecule has 3 N–H and O–H groups in total. The van der Waals surface area contributed by atoms with Crippen LogP contribution in [0.5, 0.6) is 5.75 Å². The van der Waals surface area contributed by atoms with Crippen molar-refractivity contribution in [2.45, 2.75) is 20.8 Å². The summed E-state index contributed by atoms with van der Waals surface area (Å²) in [7, 11) is 0. The number of benzene rings is 1. The van der Waals surface area contributed by atoms with Gasteiger partial charge >= 0.3 is 6.03 Å². The van der Waals surface area contributed by atoms with Gasteiger partial charge in [0.05, 0.1) is 6.54 Å². The molecule has 0 spiro atoms. The van der Waals surface area contributed by atoms with E-state index in [9.17, 15) is 4.79 Å². The van der Waals surface area contributed by atoms with Crippen molar-refractivity contribution in [2.75, 3.05) is 13.2 Å². The van der Waals surface area contributed by atoms with Crippen molar-refractivity contribution in [2.24, 2.45) is 5.73 Å². The Morgan fingerprint density at radius 2 is 1.88 bits per heavy atom. The number of nitrogens with two attached hydrogens (primary N) is 1. The van der Waals surface area contributed by atoms with Crippen LogP contribution in [0.2, 0.25) is 0 Å². The lowest BCUT2D eigenvalue weighted by molar-refractivity contribution is 0.244. The van der Waals surface area contributed by atoms with E-state index in [0.29, 0.717) is 13.2 Å². The second-order valence-corrected chi connectivity index (χ2v) is 3.87. The van der Waals surface area contributed by atoms with Crippen LogP contribution < -0.4 is 15.8 Å². The Bertz CT molecular complexity index is 366. The average Bonchev–Trinajstić information content (AvgIpc) is 2.14. The molecule has 0 aliphatic rings. The maximum absolute atomic E-state index is 10.4. The second-order valence-electron chi connectivity index (χ2n) is 3.87. The summed E-state index contributed by atoms with van der Waals surface area (Å²) in [4.78, 5) is 10.4. The van der Waals surface area contributed by atoms with Gasteiger partial charge in [0.25, 0.3) is 0 Å². The Morgan fingerprint density at radius 3 is 2.38 bits per heavy atom. The third kappa shape index (κ3) is 3.46. The Hall–Kier alpha value is -1.71. The molecule has 0 heterocycles. The van der Waals surface area contributed by atoms with E-state index in [2.05, 4.69) is 24.4 Å². The third-order valence-electron chi connectivity index (χ3n) is 2.25. The number of hydrogen-bond donors (Lipinski definition) is 2. The molecule has 0 unspecified atom stereocenters. The van der Waals surface area contributed by atoms with Gasteiger partial charge in [-0.25, -0.2) is 4.79 Å². The third-order valence-corrected chi connectivity index (χ3v) is 2.25. The minimum atomic E-state index is -0.527. The van der Waals surface area contributed by atoms with Gasteiger partial charge in [0, 0.05) is 0 Å². The van der Waals surface area contributed by atoms with Gasteiger partial charge in [0.15, 0.2) is 0 Å². The maximum atomic E-state index is 10.4. The van der Waals surface area contributed by atoms with Gasteiger partial charge in [-0.05, 0) is 31.9 Å². The molecule has 1 rings (SSSR count). The minimum absolute atomic E-state index is 0.419. The predicted molar refractivity (Wildman–Crippen MR) is 63.7 cm³/mol. The number of amides is 2. The number of hydrogen-bond acceptors (Lipinski definition) is 2. The highest BCUT2D eigenvalue weighted by Gasteiger charge is 2.04. The number of carbonyl (C=O) groups excluding carboxylic acids is 1. The zero-order chi connectivity index (χ0) is 12.1. The van der Waals surface area contributed by atoms with Crippen molar-refractivity contribution >= 4 is 6.03 Å². The van der Waals surface area contributed by atoms with Gasteiger partial charge in [-0.1, -0.05) is 17.7 Å². The Morgan fingerprint density at radius 1 is 1.31 bits per heavy atom. The van der Waals surface area contributed by atoms with Crippen molar-refractivity contribution in [3.63, 3.8) is 0 Å². The van der Waals surface area contributed by atoms with E-state index in [4.69, 9.17) is 10.5 Å². The molecule has 0 bridgehead atoms. The quantitative estimate of drug-likeness (QED) is 0.761. The van der Waals surface area contributed by atoms with Crippen LogP contribution in [-0.4, -0.2) is 19.2 Å². The summed E-state index contributed by atoms with van der Waals surface area (Å²) in [6, 6.07) is 3.62. The first-order valence-electron chi connectivity index (χ1n) is 5.24. The fourth-order valence-electron chi connectivity index (χ4n) is 1.72. The molecule has 0 saturated carbocycles. The molecule has 1 aromatic rings. The van der Waals surface area contributed by atoms with E-state index < -0.39 is 6.03 Å². The second kappa shape index (κ2) is 5.39. The summed E-state index contributed by atoms with van der Waals surface area (Å²) in [5.74, 6) is 0.886. The summed E-state index contributed by atoms with van der Waals surface area (Å²) in [6.07, 6.45) is 0. The van der Waals surface area contributed by atoms with Crippen LogP contribution in [0.3, 0.4) is 0 Å². The molecule has 4 heteroatoms. The molecule has 0 fully saturated rings. The van der Waals surface area contributed by atoms with Gasteiger partial charge in [-0.3, -0.25) is 0 Å². The largest absolute Gasteiger partial charge is 0.491 e. The molecule has 0 aliphatic carbocycles. The fraction of sp³-hybridized carbons (Fsp3) is 0.417. The lowest BCUT2D eigenvalue weighted by Gasteiger charge is -2.13. The first kappa shape index (κ1) is 12.4. The number of aryl methyl sites for hydroxylation is 3. The van der Waals surface area contributed by atoms with Crippen molar-refractivity contribution in [3.8, 4) is 5.75 Å². The zero-order valence-corrected chi connectivity index (χ0v) is 9.96. The summed E-state index contributed by atoms with van der Waals surface area (Å²) < 4.78 is 5.60. The van der Waals surface area contributed by atoms with Crippen LogP contribution >= 0.6 is 0 Å². The van der Waals surface area contributed by atoms with Crippen LogP contribution in [-0.2, 0) is 0 Å². The number of nitrogens with one attached hydrogen (secondary N) is 1. The number of rotatable bonds is 4. The summed E-state index contributed by atoms with van der Waals surface area (Å²) in [6.45, 7) is 6.92. The molecule has 2 amide bonds.